The lowest BCUT2D eigenvalue weighted by molar-refractivity contribution is -0.0280. The van der Waals surface area contributed by atoms with Gasteiger partial charge in [-0.2, -0.15) is 11.3 Å². The molecule has 0 saturated heterocycles. The minimum Gasteiger partial charge on any atom is -0.378 e. The third-order valence-electron chi connectivity index (χ3n) is 3.31. The van der Waals surface area contributed by atoms with Crippen LogP contribution in [0.2, 0.25) is 0 Å². The van der Waals surface area contributed by atoms with Gasteiger partial charge in [0, 0.05) is 12.6 Å². The van der Waals surface area contributed by atoms with Crippen LogP contribution in [0.1, 0.15) is 31.7 Å². The third kappa shape index (κ3) is 3.30. The first-order chi connectivity index (χ1) is 7.78. The van der Waals surface area contributed by atoms with Crippen LogP contribution in [-0.4, -0.2) is 18.8 Å². The zero-order chi connectivity index (χ0) is 11.4. The Bertz CT molecular complexity index is 293. The molecule has 0 bridgehead atoms. The van der Waals surface area contributed by atoms with Crippen LogP contribution < -0.4 is 5.73 Å². The Labute approximate surface area is 102 Å². The highest BCUT2D eigenvalue weighted by molar-refractivity contribution is 7.07. The van der Waals surface area contributed by atoms with E-state index in [0.29, 0.717) is 12.1 Å². The highest BCUT2D eigenvalue weighted by Gasteiger charge is 2.30. The van der Waals surface area contributed by atoms with E-state index in [1.54, 1.807) is 11.3 Å². The van der Waals surface area contributed by atoms with Crippen LogP contribution in [0.5, 0.6) is 0 Å². The van der Waals surface area contributed by atoms with Crippen molar-refractivity contribution in [1.82, 2.24) is 0 Å². The van der Waals surface area contributed by atoms with Gasteiger partial charge in [0.05, 0.1) is 6.10 Å². The first-order valence-electron chi connectivity index (χ1n) is 6.16. The van der Waals surface area contributed by atoms with E-state index in [2.05, 4.69) is 23.8 Å². The maximum Gasteiger partial charge on any atom is 0.0580 e. The van der Waals surface area contributed by atoms with Crippen molar-refractivity contribution in [3.8, 4) is 0 Å². The fourth-order valence-corrected chi connectivity index (χ4v) is 3.14. The maximum absolute atomic E-state index is 6.16. The first kappa shape index (κ1) is 12.1. The molecular formula is C13H21NOS. The summed E-state index contributed by atoms with van der Waals surface area (Å²) in [6, 6.07) is 2.50. The summed E-state index contributed by atoms with van der Waals surface area (Å²) < 4.78 is 5.56. The van der Waals surface area contributed by atoms with Crippen molar-refractivity contribution in [1.29, 1.82) is 0 Å². The summed E-state index contributed by atoms with van der Waals surface area (Å²) in [6.07, 6.45) is 5.12. The van der Waals surface area contributed by atoms with Crippen molar-refractivity contribution in [3.05, 3.63) is 22.4 Å². The summed E-state index contributed by atoms with van der Waals surface area (Å²) in [7, 11) is 0. The van der Waals surface area contributed by atoms with E-state index in [1.807, 2.05) is 0 Å². The smallest absolute Gasteiger partial charge is 0.0580 e. The Balaban J connectivity index is 1.64. The molecule has 1 atom stereocenters. The van der Waals surface area contributed by atoms with Gasteiger partial charge in [-0.05, 0) is 60.9 Å². The molecule has 0 amide bonds. The van der Waals surface area contributed by atoms with Crippen LogP contribution in [0, 0.1) is 5.92 Å². The molecule has 90 valence electrons. The molecule has 2 rings (SSSR count). The zero-order valence-electron chi connectivity index (χ0n) is 9.89. The fraction of sp³-hybridized carbons (Fsp3) is 0.692. The second-order valence-corrected chi connectivity index (χ2v) is 5.53. The average molecular weight is 239 g/mol. The van der Waals surface area contributed by atoms with Gasteiger partial charge in [0.15, 0.2) is 0 Å². The van der Waals surface area contributed by atoms with Crippen LogP contribution in [0.15, 0.2) is 16.8 Å². The molecule has 1 fully saturated rings. The average Bonchev–Trinajstić information content (AvgIpc) is 2.67. The molecule has 1 unspecified atom stereocenters. The van der Waals surface area contributed by atoms with E-state index in [-0.39, 0.29) is 0 Å². The van der Waals surface area contributed by atoms with Gasteiger partial charge in [-0.25, -0.2) is 0 Å². The van der Waals surface area contributed by atoms with Gasteiger partial charge in [-0.1, -0.05) is 0 Å². The molecule has 3 heteroatoms. The lowest BCUT2D eigenvalue weighted by atomic mass is 9.77. The predicted molar refractivity (Wildman–Crippen MR) is 68.8 cm³/mol. The monoisotopic (exact) mass is 239 g/mol. The second kappa shape index (κ2) is 5.80. The van der Waals surface area contributed by atoms with Gasteiger partial charge in [0.1, 0.15) is 0 Å². The molecule has 1 heterocycles. The summed E-state index contributed by atoms with van der Waals surface area (Å²) in [4.78, 5) is 0. The van der Waals surface area contributed by atoms with Gasteiger partial charge in [-0.15, -0.1) is 0 Å². The molecule has 1 aromatic rings. The van der Waals surface area contributed by atoms with Crippen molar-refractivity contribution in [3.63, 3.8) is 0 Å². The molecule has 1 aliphatic rings. The van der Waals surface area contributed by atoms with Crippen LogP contribution in [0.3, 0.4) is 0 Å². The van der Waals surface area contributed by atoms with Crippen LogP contribution in [0.25, 0.3) is 0 Å². The van der Waals surface area contributed by atoms with E-state index in [4.69, 9.17) is 10.5 Å². The third-order valence-corrected chi connectivity index (χ3v) is 4.04. The Morgan fingerprint density at radius 3 is 3.00 bits per heavy atom. The van der Waals surface area contributed by atoms with Gasteiger partial charge in [0.2, 0.25) is 0 Å². The standard InChI is InChI=1S/C13H21NOS/c1-2-15-13-7-11(8-13)6-12(14)5-10-3-4-16-9-10/h3-4,9,11-13H,2,5-8,14H2,1H3. The van der Waals surface area contributed by atoms with Crippen molar-refractivity contribution in [2.24, 2.45) is 11.7 Å². The van der Waals surface area contributed by atoms with Gasteiger partial charge >= 0.3 is 0 Å². The van der Waals surface area contributed by atoms with Crippen LogP contribution in [0.4, 0.5) is 0 Å². The molecular weight excluding hydrogens is 218 g/mol. The van der Waals surface area contributed by atoms with Crippen LogP contribution >= 0.6 is 11.3 Å². The number of hydrogen-bond donors (Lipinski definition) is 1. The lowest BCUT2D eigenvalue weighted by Crippen LogP contribution is -2.36. The quantitative estimate of drug-likeness (QED) is 0.828. The normalized spacial score (nSPS) is 26.4. The van der Waals surface area contributed by atoms with E-state index in [0.717, 1.165) is 25.4 Å². The van der Waals surface area contributed by atoms with Gasteiger partial charge in [-0.3, -0.25) is 0 Å². The van der Waals surface area contributed by atoms with Gasteiger partial charge < -0.3 is 10.5 Å². The molecule has 16 heavy (non-hydrogen) atoms. The Morgan fingerprint density at radius 2 is 2.38 bits per heavy atom. The van der Waals surface area contributed by atoms with E-state index >= 15 is 0 Å². The molecule has 1 saturated carbocycles. The predicted octanol–water partition coefficient (Wildman–Crippen LogP) is 2.82. The van der Waals surface area contributed by atoms with Crippen molar-refractivity contribution in [2.75, 3.05) is 6.61 Å². The zero-order valence-corrected chi connectivity index (χ0v) is 10.7. The molecule has 1 aliphatic carbocycles. The highest BCUT2D eigenvalue weighted by Crippen LogP contribution is 2.33. The Kier molecular flexibility index (Phi) is 4.38. The summed E-state index contributed by atoms with van der Waals surface area (Å²) in [5.74, 6) is 0.796. The second-order valence-electron chi connectivity index (χ2n) is 4.75. The highest BCUT2D eigenvalue weighted by atomic mass is 32.1. The number of thiophene rings is 1. The molecule has 2 N–H and O–H groups in total. The minimum absolute atomic E-state index is 0.321. The van der Waals surface area contributed by atoms with E-state index < -0.39 is 0 Å². The Morgan fingerprint density at radius 1 is 1.56 bits per heavy atom. The summed E-state index contributed by atoms with van der Waals surface area (Å²) >= 11 is 1.75. The van der Waals surface area contributed by atoms with E-state index in [1.165, 1.54) is 18.4 Å². The van der Waals surface area contributed by atoms with Crippen molar-refractivity contribution in [2.45, 2.75) is 44.8 Å². The topological polar surface area (TPSA) is 35.2 Å². The van der Waals surface area contributed by atoms with Crippen LogP contribution in [-0.2, 0) is 11.2 Å². The molecule has 0 aromatic carbocycles. The summed E-state index contributed by atoms with van der Waals surface area (Å²) in [5, 5.41) is 4.32. The number of ether oxygens (including phenoxy) is 1. The molecule has 0 radical (unpaired) electrons. The SMILES string of the molecule is CCOC1CC(CC(N)Cc2ccsc2)C1. The molecule has 1 aromatic heterocycles. The largest absolute Gasteiger partial charge is 0.378 e. The Hall–Kier alpha value is -0.380. The molecule has 2 nitrogen and oxygen atoms in total. The number of hydrogen-bond acceptors (Lipinski definition) is 3. The summed E-state index contributed by atoms with van der Waals surface area (Å²) in [5.41, 5.74) is 7.55. The maximum atomic E-state index is 6.16. The van der Waals surface area contributed by atoms with E-state index in [9.17, 15) is 0 Å². The van der Waals surface area contributed by atoms with Gasteiger partial charge in [0.25, 0.3) is 0 Å². The molecule has 0 spiro atoms. The first-order valence-corrected chi connectivity index (χ1v) is 7.10. The fourth-order valence-electron chi connectivity index (χ4n) is 2.46. The number of rotatable bonds is 6. The number of nitrogens with two attached hydrogens (primary N) is 1. The molecule has 0 aliphatic heterocycles. The van der Waals surface area contributed by atoms with Crippen molar-refractivity contribution >= 4 is 11.3 Å². The van der Waals surface area contributed by atoms with Crippen molar-refractivity contribution < 1.29 is 4.74 Å². The summed E-state index contributed by atoms with van der Waals surface area (Å²) in [6.45, 7) is 2.91. The minimum atomic E-state index is 0.321. The lowest BCUT2D eigenvalue weighted by Gasteiger charge is -2.36.